The molecule has 0 unspecified atom stereocenters. The predicted octanol–water partition coefficient (Wildman–Crippen LogP) is 2.54. The van der Waals surface area contributed by atoms with Crippen molar-refractivity contribution in [3.63, 3.8) is 0 Å². The van der Waals surface area contributed by atoms with Gasteiger partial charge in [-0.15, -0.1) is 0 Å². The minimum Gasteiger partial charge on any atom is -0.508 e. The van der Waals surface area contributed by atoms with Gasteiger partial charge in [0, 0.05) is 23.7 Å². The second-order valence-electron chi connectivity index (χ2n) is 12.7. The van der Waals surface area contributed by atoms with E-state index in [0.717, 1.165) is 11.1 Å². The molecule has 2 aromatic rings. The number of hydrogen-bond donors (Lipinski definition) is 5. The zero-order valence-electron chi connectivity index (χ0n) is 28.5. The van der Waals surface area contributed by atoms with Crippen LogP contribution in [0, 0.1) is 18.8 Å². The van der Waals surface area contributed by atoms with Crippen LogP contribution in [0.25, 0.3) is 0 Å². The van der Waals surface area contributed by atoms with Crippen LogP contribution < -0.4 is 16.0 Å². The number of phenols is 1. The van der Waals surface area contributed by atoms with Gasteiger partial charge >= 0.3 is 5.97 Å². The largest absolute Gasteiger partial charge is 0.508 e. The number of aliphatic hydroxyl groups excluding tert-OH is 1. The molecule has 0 radical (unpaired) electrons. The van der Waals surface area contributed by atoms with Crippen LogP contribution in [0.5, 0.6) is 5.75 Å². The zero-order chi connectivity index (χ0) is 35.5. The van der Waals surface area contributed by atoms with Gasteiger partial charge in [-0.25, -0.2) is 4.79 Å². The van der Waals surface area contributed by atoms with Crippen molar-refractivity contribution in [3.05, 3.63) is 76.9 Å². The van der Waals surface area contributed by atoms with E-state index in [1.165, 1.54) is 24.3 Å². The number of esters is 1. The monoisotopic (exact) mass is 664 g/mol. The number of benzene rings is 2. The fourth-order valence-electron chi connectivity index (χ4n) is 5.58. The summed E-state index contributed by atoms with van der Waals surface area (Å²) in [6.07, 6.45) is 3.67. The Kier molecular flexibility index (Phi) is 13.7. The highest BCUT2D eigenvalue weighted by atomic mass is 16.5. The second-order valence-corrected chi connectivity index (χ2v) is 12.7. The molecule has 12 heteroatoms. The molecular weight excluding hydrogens is 616 g/mol. The molecule has 4 atom stereocenters. The first-order chi connectivity index (χ1) is 22.8. The van der Waals surface area contributed by atoms with Crippen molar-refractivity contribution < 1.29 is 38.9 Å². The first kappa shape index (κ1) is 37.7. The number of carbonyl (C=O) groups excluding carboxylic acids is 5. The van der Waals surface area contributed by atoms with Gasteiger partial charge < -0.3 is 35.8 Å². The summed E-state index contributed by atoms with van der Waals surface area (Å²) < 4.78 is 5.03. The zero-order valence-corrected chi connectivity index (χ0v) is 28.5. The number of carbonyl (C=O) groups is 5. The third-order valence-corrected chi connectivity index (χ3v) is 8.24. The lowest BCUT2D eigenvalue weighted by molar-refractivity contribution is -0.140. The molecule has 0 aliphatic carbocycles. The van der Waals surface area contributed by atoms with Gasteiger partial charge in [-0.05, 0) is 61.8 Å². The van der Waals surface area contributed by atoms with Crippen molar-refractivity contribution in [3.8, 4) is 5.75 Å². The van der Waals surface area contributed by atoms with Gasteiger partial charge in [-0.3, -0.25) is 19.2 Å². The normalized spacial score (nSPS) is 16.2. The average molecular weight is 665 g/mol. The van der Waals surface area contributed by atoms with E-state index in [2.05, 4.69) is 16.0 Å². The lowest BCUT2D eigenvalue weighted by Gasteiger charge is -2.38. The van der Waals surface area contributed by atoms with Crippen LogP contribution in [-0.4, -0.2) is 82.1 Å². The van der Waals surface area contributed by atoms with E-state index in [0.29, 0.717) is 12.0 Å². The Morgan fingerprint density at radius 2 is 1.60 bits per heavy atom. The summed E-state index contributed by atoms with van der Waals surface area (Å²) in [6, 6.07) is 8.22. The molecule has 48 heavy (non-hydrogen) atoms. The van der Waals surface area contributed by atoms with Crippen molar-refractivity contribution in [1.29, 1.82) is 0 Å². The molecule has 0 spiro atoms. The maximum absolute atomic E-state index is 14.1. The average Bonchev–Trinajstić information content (AvgIpc) is 3.04. The van der Waals surface area contributed by atoms with Crippen LogP contribution >= 0.6 is 0 Å². The topological polar surface area (TPSA) is 174 Å². The number of nitrogens with one attached hydrogen (secondary N) is 3. The fraction of sp³-hybridized carbons (Fsp3) is 0.472. The molecule has 1 aliphatic heterocycles. The number of fused-ring (bicyclic) bond motifs is 1. The number of phenolic OH excluding ortho intramolecular Hbond substituents is 1. The van der Waals surface area contributed by atoms with Gasteiger partial charge in [0.15, 0.2) is 0 Å². The lowest BCUT2D eigenvalue weighted by Crippen LogP contribution is -2.59. The lowest BCUT2D eigenvalue weighted by atomic mass is 9.92. The van der Waals surface area contributed by atoms with Crippen LogP contribution in [0.1, 0.15) is 68.1 Å². The van der Waals surface area contributed by atoms with E-state index in [-0.39, 0.29) is 42.7 Å². The number of hydrogen-bond acceptors (Lipinski definition) is 8. The summed E-state index contributed by atoms with van der Waals surface area (Å²) in [5.41, 5.74) is 2.53. The number of aromatic hydroxyl groups is 1. The van der Waals surface area contributed by atoms with Crippen molar-refractivity contribution in [2.75, 3.05) is 13.2 Å². The van der Waals surface area contributed by atoms with Crippen molar-refractivity contribution in [2.24, 2.45) is 11.8 Å². The van der Waals surface area contributed by atoms with Gasteiger partial charge in [0.25, 0.3) is 5.91 Å². The molecule has 0 fully saturated rings. The molecule has 0 aromatic heterocycles. The Balaban J connectivity index is 1.80. The van der Waals surface area contributed by atoms with Gasteiger partial charge in [0.1, 0.15) is 23.9 Å². The highest BCUT2D eigenvalue weighted by molar-refractivity contribution is 6.00. The third kappa shape index (κ3) is 9.90. The molecule has 1 aliphatic rings. The van der Waals surface area contributed by atoms with Crippen LogP contribution in [0.4, 0.5) is 0 Å². The van der Waals surface area contributed by atoms with Crippen molar-refractivity contribution in [1.82, 2.24) is 20.9 Å². The molecule has 4 amide bonds. The number of amides is 4. The molecule has 0 bridgehead atoms. The maximum atomic E-state index is 14.1. The molecule has 260 valence electrons. The molecule has 1 heterocycles. The van der Waals surface area contributed by atoms with E-state index in [4.69, 9.17) is 4.74 Å². The molecule has 3 rings (SSSR count). The summed E-state index contributed by atoms with van der Waals surface area (Å²) in [5.74, 6) is -3.41. The van der Waals surface area contributed by atoms with Crippen LogP contribution in [0.15, 0.2) is 54.6 Å². The third-order valence-electron chi connectivity index (χ3n) is 8.24. The molecule has 0 saturated heterocycles. The predicted molar refractivity (Wildman–Crippen MR) is 180 cm³/mol. The Morgan fingerprint density at radius 1 is 0.938 bits per heavy atom. The van der Waals surface area contributed by atoms with Crippen molar-refractivity contribution in [2.45, 2.75) is 85.1 Å². The molecular formula is C36H48N4O8. The van der Waals surface area contributed by atoms with Crippen LogP contribution in [0.3, 0.4) is 0 Å². The van der Waals surface area contributed by atoms with Gasteiger partial charge in [0.2, 0.25) is 17.7 Å². The summed E-state index contributed by atoms with van der Waals surface area (Å²) in [4.78, 5) is 67.8. The van der Waals surface area contributed by atoms with Crippen LogP contribution in [0.2, 0.25) is 0 Å². The SMILES string of the molecule is CCOC(=O)/C=C/[C@@H]1Cc2ccccc2CN1C(=O)[C@H](CC(C)C)NC(=O)[C@H](CO)NC(=O)[C@@H](NC(=O)c1cccc(O)c1C)C(C)C. The molecule has 12 nitrogen and oxygen atoms in total. The number of ether oxygens (including phenoxy) is 1. The molecule has 5 N–H and O–H groups in total. The van der Waals surface area contributed by atoms with Crippen LogP contribution in [-0.2, 0) is 36.9 Å². The van der Waals surface area contributed by atoms with E-state index in [9.17, 15) is 34.2 Å². The Bertz CT molecular complexity index is 1500. The van der Waals surface area contributed by atoms with Crippen molar-refractivity contribution >= 4 is 29.6 Å². The first-order valence-corrected chi connectivity index (χ1v) is 16.3. The Morgan fingerprint density at radius 3 is 2.23 bits per heavy atom. The summed E-state index contributed by atoms with van der Waals surface area (Å²) >= 11 is 0. The minimum absolute atomic E-state index is 0.00608. The maximum Gasteiger partial charge on any atom is 0.330 e. The minimum atomic E-state index is -1.41. The highest BCUT2D eigenvalue weighted by Crippen LogP contribution is 2.26. The van der Waals surface area contributed by atoms with E-state index in [1.807, 2.05) is 38.1 Å². The highest BCUT2D eigenvalue weighted by Gasteiger charge is 2.36. The van der Waals surface area contributed by atoms with E-state index >= 15 is 0 Å². The first-order valence-electron chi connectivity index (χ1n) is 16.3. The second kappa shape index (κ2) is 17.4. The fourth-order valence-corrected chi connectivity index (χ4v) is 5.58. The van der Waals surface area contributed by atoms with Gasteiger partial charge in [-0.1, -0.05) is 64.1 Å². The Hall–Kier alpha value is -4.71. The summed E-state index contributed by atoms with van der Waals surface area (Å²) in [6.45, 7) is 10.2. The van der Waals surface area contributed by atoms with Gasteiger partial charge in [-0.2, -0.15) is 0 Å². The Labute approximate surface area is 281 Å². The summed E-state index contributed by atoms with van der Waals surface area (Å²) in [7, 11) is 0. The standard InChI is InChI=1S/C36H48N4O8/c1-7-48-31(43)16-15-26-18-24-11-8-9-12-25(24)19-40(26)36(47)28(17-21(2)3)37-34(45)29(20-41)38-35(46)32(22(4)5)39-33(44)27-13-10-14-30(42)23(27)6/h8-16,21-22,26,28-29,32,41-42H,7,17-20H2,1-6H3,(H,37,45)(H,38,46)(H,39,44)/b16-15+/t26-,28+,29+,32+/m1/s1. The molecule has 0 saturated carbocycles. The summed E-state index contributed by atoms with van der Waals surface area (Å²) in [5, 5.41) is 28.1. The number of aliphatic hydroxyl groups is 1. The number of nitrogens with zero attached hydrogens (tertiary/aromatic N) is 1. The van der Waals surface area contributed by atoms with E-state index < -0.39 is 60.4 Å². The van der Waals surface area contributed by atoms with Gasteiger partial charge in [0.05, 0.1) is 19.3 Å². The number of rotatable bonds is 14. The van der Waals surface area contributed by atoms with E-state index in [1.54, 1.807) is 38.7 Å². The quantitative estimate of drug-likeness (QED) is 0.151. The smallest absolute Gasteiger partial charge is 0.330 e. The molecule has 2 aromatic carbocycles.